The maximum Gasteiger partial charge on any atom is 0.129 e. The highest BCUT2D eigenvalue weighted by molar-refractivity contribution is 5.93. The first kappa shape index (κ1) is 24.1. The molecular weight excluding hydrogens is 420 g/mol. The minimum Gasteiger partial charge on any atom is -0.497 e. The molecule has 5 nitrogen and oxygen atoms in total. The van der Waals surface area contributed by atoms with Crippen molar-refractivity contribution in [3.63, 3.8) is 0 Å². The van der Waals surface area contributed by atoms with Crippen LogP contribution in [0.15, 0.2) is 54.6 Å². The highest BCUT2D eigenvalue weighted by atomic mass is 35.5. The van der Waals surface area contributed by atoms with E-state index in [9.17, 15) is 0 Å². The molecule has 0 bridgehead atoms. The number of para-hydroxylation sites is 1. The van der Waals surface area contributed by atoms with Crippen molar-refractivity contribution in [2.75, 3.05) is 30.4 Å². The summed E-state index contributed by atoms with van der Waals surface area (Å²) in [6.07, 6.45) is 2.31. The number of aromatic nitrogens is 1. The van der Waals surface area contributed by atoms with Crippen LogP contribution in [-0.2, 0) is 6.54 Å². The molecule has 0 amide bonds. The molecule has 6 heteroatoms. The Kier molecular flexibility index (Phi) is 7.86. The van der Waals surface area contributed by atoms with Crippen LogP contribution in [-0.4, -0.2) is 36.8 Å². The average Bonchev–Trinajstić information content (AvgIpc) is 2.77. The van der Waals surface area contributed by atoms with Crippen LogP contribution in [0.3, 0.4) is 0 Å². The Balaban J connectivity index is 0.00000289. The second kappa shape index (κ2) is 10.4. The van der Waals surface area contributed by atoms with Gasteiger partial charge in [0.15, 0.2) is 0 Å². The van der Waals surface area contributed by atoms with Crippen LogP contribution < -0.4 is 20.3 Å². The fourth-order valence-corrected chi connectivity index (χ4v) is 4.32. The van der Waals surface area contributed by atoms with Gasteiger partial charge in [-0.05, 0) is 57.4 Å². The Hall–Kier alpha value is -2.50. The van der Waals surface area contributed by atoms with Crippen LogP contribution >= 0.6 is 12.4 Å². The number of piperidine rings is 1. The van der Waals surface area contributed by atoms with E-state index in [1.807, 2.05) is 12.1 Å². The van der Waals surface area contributed by atoms with E-state index in [0.717, 1.165) is 49.6 Å². The second-order valence-electron chi connectivity index (χ2n) is 9.40. The van der Waals surface area contributed by atoms with Crippen molar-refractivity contribution in [3.05, 3.63) is 60.2 Å². The normalized spacial score (nSPS) is 14.8. The fraction of sp³-hybridized carbons (Fsp3) is 0.423. The molecule has 1 saturated heterocycles. The molecule has 0 radical (unpaired) electrons. The zero-order chi connectivity index (χ0) is 21.8. The van der Waals surface area contributed by atoms with Crippen molar-refractivity contribution in [2.45, 2.75) is 51.7 Å². The number of methoxy groups -OCH3 is 1. The highest BCUT2D eigenvalue weighted by Crippen LogP contribution is 2.31. The molecule has 4 rings (SSSR count). The number of anilines is 2. The summed E-state index contributed by atoms with van der Waals surface area (Å²) in [6, 6.07) is 19.4. The van der Waals surface area contributed by atoms with Crippen molar-refractivity contribution < 1.29 is 4.74 Å². The van der Waals surface area contributed by atoms with Crippen LogP contribution in [0.1, 0.15) is 39.2 Å². The molecule has 0 unspecified atom stereocenters. The smallest absolute Gasteiger partial charge is 0.129 e. The van der Waals surface area contributed by atoms with E-state index < -0.39 is 0 Å². The lowest BCUT2D eigenvalue weighted by Crippen LogP contribution is -2.49. The van der Waals surface area contributed by atoms with Crippen LogP contribution in [0.5, 0.6) is 5.75 Å². The van der Waals surface area contributed by atoms with Gasteiger partial charge in [-0.15, -0.1) is 12.4 Å². The van der Waals surface area contributed by atoms with E-state index in [0.29, 0.717) is 6.04 Å². The van der Waals surface area contributed by atoms with E-state index in [1.54, 1.807) is 7.11 Å². The number of nitrogens with zero attached hydrogens (tertiary/aromatic N) is 2. The summed E-state index contributed by atoms with van der Waals surface area (Å²) < 4.78 is 5.25. The fourth-order valence-electron chi connectivity index (χ4n) is 4.32. The van der Waals surface area contributed by atoms with Gasteiger partial charge in [0.2, 0.25) is 0 Å². The molecule has 0 atom stereocenters. The number of ether oxygens (including phenoxy) is 1. The number of benzene rings is 2. The molecule has 1 fully saturated rings. The number of nitrogens with one attached hydrogen (secondary N) is 2. The van der Waals surface area contributed by atoms with Gasteiger partial charge in [-0.2, -0.15) is 0 Å². The standard InChI is InChI=1S/C26H34N4O.ClH/c1-26(2,3)29-20-13-15-30(16-14-20)24-17-25(28-23-8-6-5-7-22(23)24)27-18-19-9-11-21(31-4)12-10-19;/h5-12,17,20,29H,13-16,18H2,1-4H3,(H,27,28);1H. The van der Waals surface area contributed by atoms with Crippen molar-refractivity contribution in [3.8, 4) is 5.75 Å². The number of pyridine rings is 1. The molecule has 32 heavy (non-hydrogen) atoms. The summed E-state index contributed by atoms with van der Waals surface area (Å²) in [7, 11) is 1.69. The third-order valence-corrected chi connectivity index (χ3v) is 5.80. The number of hydrogen-bond donors (Lipinski definition) is 2. The molecule has 2 N–H and O–H groups in total. The van der Waals surface area contributed by atoms with E-state index in [-0.39, 0.29) is 17.9 Å². The van der Waals surface area contributed by atoms with E-state index >= 15 is 0 Å². The molecule has 1 aromatic heterocycles. The Morgan fingerprint density at radius 3 is 2.38 bits per heavy atom. The van der Waals surface area contributed by atoms with Gasteiger partial charge in [-0.3, -0.25) is 0 Å². The van der Waals surface area contributed by atoms with Gasteiger partial charge >= 0.3 is 0 Å². The quantitative estimate of drug-likeness (QED) is 0.505. The summed E-state index contributed by atoms with van der Waals surface area (Å²) in [5.41, 5.74) is 3.67. The number of hydrogen-bond acceptors (Lipinski definition) is 5. The monoisotopic (exact) mass is 454 g/mol. The maximum atomic E-state index is 5.25. The average molecular weight is 455 g/mol. The van der Waals surface area contributed by atoms with Gasteiger partial charge in [0.05, 0.1) is 12.6 Å². The summed E-state index contributed by atoms with van der Waals surface area (Å²) in [6.45, 7) is 9.58. The number of halogens is 1. The van der Waals surface area contributed by atoms with Crippen LogP contribution in [0.2, 0.25) is 0 Å². The Bertz CT molecular complexity index is 1010. The summed E-state index contributed by atoms with van der Waals surface area (Å²) in [4.78, 5) is 7.39. The second-order valence-corrected chi connectivity index (χ2v) is 9.40. The molecule has 172 valence electrons. The highest BCUT2D eigenvalue weighted by Gasteiger charge is 2.24. The number of fused-ring (bicyclic) bond motifs is 1. The van der Waals surface area contributed by atoms with Crippen LogP contribution in [0, 0.1) is 0 Å². The number of rotatable bonds is 6. The third kappa shape index (κ3) is 6.05. The van der Waals surface area contributed by atoms with Crippen molar-refractivity contribution in [1.29, 1.82) is 0 Å². The molecule has 3 aromatic rings. The van der Waals surface area contributed by atoms with Crippen LogP contribution in [0.4, 0.5) is 11.5 Å². The van der Waals surface area contributed by atoms with Gasteiger partial charge < -0.3 is 20.3 Å². The lowest BCUT2D eigenvalue weighted by atomic mass is 9.99. The molecule has 1 aliphatic rings. The van der Waals surface area contributed by atoms with E-state index in [1.165, 1.54) is 16.6 Å². The van der Waals surface area contributed by atoms with Gasteiger partial charge in [0.25, 0.3) is 0 Å². The first-order valence-corrected chi connectivity index (χ1v) is 11.2. The van der Waals surface area contributed by atoms with Gasteiger partial charge in [0.1, 0.15) is 11.6 Å². The third-order valence-electron chi connectivity index (χ3n) is 5.80. The summed E-state index contributed by atoms with van der Waals surface area (Å²) >= 11 is 0. The molecule has 2 aromatic carbocycles. The Labute approximate surface area is 198 Å². The Morgan fingerprint density at radius 1 is 1.03 bits per heavy atom. The molecule has 0 aliphatic carbocycles. The zero-order valence-electron chi connectivity index (χ0n) is 19.5. The van der Waals surface area contributed by atoms with E-state index in [4.69, 9.17) is 9.72 Å². The predicted molar refractivity (Wildman–Crippen MR) is 137 cm³/mol. The molecular formula is C26H35ClN4O. The molecule has 1 aliphatic heterocycles. The zero-order valence-corrected chi connectivity index (χ0v) is 20.3. The molecule has 0 saturated carbocycles. The largest absolute Gasteiger partial charge is 0.497 e. The lowest BCUT2D eigenvalue weighted by Gasteiger charge is -2.37. The molecule has 2 heterocycles. The first-order valence-electron chi connectivity index (χ1n) is 11.2. The Morgan fingerprint density at radius 2 is 1.72 bits per heavy atom. The van der Waals surface area contributed by atoms with Crippen molar-refractivity contribution >= 4 is 34.8 Å². The SMILES string of the molecule is COc1ccc(CNc2cc(N3CCC(NC(C)(C)C)CC3)c3ccccc3n2)cc1.Cl. The van der Waals surface area contributed by atoms with Crippen LogP contribution in [0.25, 0.3) is 10.9 Å². The first-order chi connectivity index (χ1) is 14.9. The van der Waals surface area contributed by atoms with Gasteiger partial charge in [-0.1, -0.05) is 30.3 Å². The minimum atomic E-state index is 0. The van der Waals surface area contributed by atoms with Crippen molar-refractivity contribution in [2.24, 2.45) is 0 Å². The van der Waals surface area contributed by atoms with Gasteiger partial charge in [0, 0.05) is 48.4 Å². The molecule has 0 spiro atoms. The predicted octanol–water partition coefficient (Wildman–Crippen LogP) is 5.63. The van der Waals surface area contributed by atoms with Crippen molar-refractivity contribution in [1.82, 2.24) is 10.3 Å². The van der Waals surface area contributed by atoms with Gasteiger partial charge in [-0.25, -0.2) is 4.98 Å². The van der Waals surface area contributed by atoms with E-state index in [2.05, 4.69) is 78.8 Å². The minimum absolute atomic E-state index is 0. The maximum absolute atomic E-state index is 5.25. The topological polar surface area (TPSA) is 49.4 Å². The summed E-state index contributed by atoms with van der Waals surface area (Å²) in [5.74, 6) is 1.79. The summed E-state index contributed by atoms with van der Waals surface area (Å²) in [5, 5.41) is 8.51. The lowest BCUT2D eigenvalue weighted by molar-refractivity contribution is 0.317.